The second kappa shape index (κ2) is 13.8. The van der Waals surface area contributed by atoms with E-state index < -0.39 is 6.10 Å². The number of carbonyl (C=O) groups excluding carboxylic acids is 1. The summed E-state index contributed by atoms with van der Waals surface area (Å²) in [5.74, 6) is 2.43. The maximum Gasteiger partial charge on any atom is 0.225 e. The highest BCUT2D eigenvalue weighted by molar-refractivity contribution is 14.0. The molecule has 2 fully saturated rings. The van der Waals surface area contributed by atoms with Gasteiger partial charge in [-0.3, -0.25) is 9.79 Å². The predicted octanol–water partition coefficient (Wildman–Crippen LogP) is 3.09. The van der Waals surface area contributed by atoms with Gasteiger partial charge in [0, 0.05) is 37.7 Å². The Morgan fingerprint density at radius 3 is 2.42 bits per heavy atom. The van der Waals surface area contributed by atoms with Crippen LogP contribution in [0.15, 0.2) is 23.2 Å². The van der Waals surface area contributed by atoms with Crippen LogP contribution >= 0.6 is 24.0 Å². The molecule has 3 rings (SSSR count). The van der Waals surface area contributed by atoms with Gasteiger partial charge >= 0.3 is 0 Å². The van der Waals surface area contributed by atoms with E-state index in [0.717, 1.165) is 25.8 Å². The first kappa shape index (κ1) is 27.5. The topological polar surface area (TPSA) is 95.4 Å². The average Bonchev–Trinajstić information content (AvgIpc) is 3.30. The van der Waals surface area contributed by atoms with E-state index in [1.165, 1.54) is 19.3 Å². The van der Waals surface area contributed by atoms with E-state index in [1.54, 1.807) is 32.4 Å². The number of aliphatic hydroxyl groups excluding tert-OH is 1. The number of nitrogens with one attached hydrogen (secondary N) is 2. The Hall–Kier alpha value is -1.75. The molecule has 1 saturated heterocycles. The standard InChI is InChI=1S/C24H38N4O4.HI/c1-4-25-24(26-15-22(29)18-12-20(31-2)14-21(13-18)32-3)27-19-10-11-28(16-19)23(30)17-8-6-5-7-9-17;/h12-14,17,19,22,29H,4-11,15-16H2,1-3H3,(H2,25,26,27);1H. The van der Waals surface area contributed by atoms with Crippen molar-refractivity contribution in [3.05, 3.63) is 23.8 Å². The Kier molecular flexibility index (Phi) is 11.5. The molecule has 3 N–H and O–H groups in total. The third kappa shape index (κ3) is 7.91. The lowest BCUT2D eigenvalue weighted by atomic mass is 9.88. The maximum atomic E-state index is 12.8. The SMILES string of the molecule is CCNC(=NCC(O)c1cc(OC)cc(OC)c1)NC1CCN(C(=O)C2CCCCC2)C1.I. The van der Waals surface area contributed by atoms with E-state index in [1.807, 2.05) is 11.8 Å². The molecule has 1 saturated carbocycles. The second-order valence-electron chi connectivity index (χ2n) is 8.63. The van der Waals surface area contributed by atoms with Crippen molar-refractivity contribution in [2.45, 2.75) is 57.6 Å². The molecule has 1 aliphatic heterocycles. The van der Waals surface area contributed by atoms with Gasteiger partial charge in [0.15, 0.2) is 5.96 Å². The molecule has 8 nitrogen and oxygen atoms in total. The lowest BCUT2D eigenvalue weighted by molar-refractivity contribution is -0.135. The fraction of sp³-hybridized carbons (Fsp3) is 0.667. The summed E-state index contributed by atoms with van der Waals surface area (Å²) in [5.41, 5.74) is 0.686. The van der Waals surface area contributed by atoms with Crippen molar-refractivity contribution in [2.24, 2.45) is 10.9 Å². The third-order valence-corrected chi connectivity index (χ3v) is 6.32. The molecule has 0 spiro atoms. The molecule has 186 valence electrons. The number of amides is 1. The first-order chi connectivity index (χ1) is 15.5. The summed E-state index contributed by atoms with van der Waals surface area (Å²) in [6.07, 6.45) is 5.77. The van der Waals surface area contributed by atoms with Crippen molar-refractivity contribution in [3.8, 4) is 11.5 Å². The number of aliphatic hydroxyl groups is 1. The molecule has 1 aliphatic carbocycles. The lowest BCUT2D eigenvalue weighted by Crippen LogP contribution is -2.45. The number of aliphatic imine (C=N–C) groups is 1. The van der Waals surface area contributed by atoms with Gasteiger partial charge in [-0.2, -0.15) is 0 Å². The molecule has 0 bridgehead atoms. The van der Waals surface area contributed by atoms with Gasteiger partial charge in [0.25, 0.3) is 0 Å². The first-order valence-corrected chi connectivity index (χ1v) is 11.8. The van der Waals surface area contributed by atoms with Gasteiger partial charge in [-0.1, -0.05) is 19.3 Å². The highest BCUT2D eigenvalue weighted by atomic mass is 127. The summed E-state index contributed by atoms with van der Waals surface area (Å²) in [7, 11) is 3.17. The number of carbonyl (C=O) groups is 1. The highest BCUT2D eigenvalue weighted by Gasteiger charge is 2.31. The Bertz CT molecular complexity index is 763. The monoisotopic (exact) mass is 574 g/mol. The van der Waals surface area contributed by atoms with Crippen LogP contribution in [-0.4, -0.2) is 68.3 Å². The van der Waals surface area contributed by atoms with Gasteiger partial charge < -0.3 is 30.1 Å². The number of halogens is 1. The van der Waals surface area contributed by atoms with Gasteiger partial charge in [-0.05, 0) is 43.9 Å². The summed E-state index contributed by atoms with van der Waals surface area (Å²) in [4.78, 5) is 19.4. The Morgan fingerprint density at radius 1 is 1.15 bits per heavy atom. The van der Waals surface area contributed by atoms with Crippen LogP contribution < -0.4 is 20.1 Å². The largest absolute Gasteiger partial charge is 0.497 e. The Labute approximate surface area is 214 Å². The van der Waals surface area contributed by atoms with Gasteiger partial charge in [0.1, 0.15) is 11.5 Å². The van der Waals surface area contributed by atoms with E-state index in [-0.39, 0.29) is 42.5 Å². The van der Waals surface area contributed by atoms with Gasteiger partial charge in [-0.25, -0.2) is 0 Å². The van der Waals surface area contributed by atoms with Gasteiger partial charge in [0.2, 0.25) is 5.91 Å². The molecule has 9 heteroatoms. The number of hydrogen-bond donors (Lipinski definition) is 3. The van der Waals surface area contributed by atoms with Crippen LogP contribution in [0.4, 0.5) is 0 Å². The summed E-state index contributed by atoms with van der Waals surface area (Å²) in [5, 5.41) is 17.4. The van der Waals surface area contributed by atoms with E-state index in [4.69, 9.17) is 9.47 Å². The number of rotatable bonds is 8. The van der Waals surface area contributed by atoms with Crippen molar-refractivity contribution in [1.82, 2.24) is 15.5 Å². The van der Waals surface area contributed by atoms with E-state index >= 15 is 0 Å². The zero-order valence-corrected chi connectivity index (χ0v) is 22.3. The van der Waals surface area contributed by atoms with Crippen LogP contribution in [0.1, 0.15) is 57.1 Å². The van der Waals surface area contributed by atoms with Gasteiger partial charge in [-0.15, -0.1) is 24.0 Å². The Balaban J connectivity index is 0.00000385. The zero-order chi connectivity index (χ0) is 22.9. The van der Waals surface area contributed by atoms with Crippen molar-refractivity contribution < 1.29 is 19.4 Å². The lowest BCUT2D eigenvalue weighted by Gasteiger charge is -2.26. The van der Waals surface area contributed by atoms with Crippen LogP contribution in [0.3, 0.4) is 0 Å². The smallest absolute Gasteiger partial charge is 0.225 e. The van der Waals surface area contributed by atoms with Gasteiger partial charge in [0.05, 0.1) is 26.9 Å². The molecule has 2 unspecified atom stereocenters. The second-order valence-corrected chi connectivity index (χ2v) is 8.63. The minimum atomic E-state index is -0.789. The van der Waals surface area contributed by atoms with E-state index in [0.29, 0.717) is 42.0 Å². The number of ether oxygens (including phenoxy) is 2. The molecule has 2 aliphatic rings. The molecule has 2 atom stereocenters. The number of hydrogen-bond acceptors (Lipinski definition) is 5. The molecule has 0 aromatic heterocycles. The summed E-state index contributed by atoms with van der Waals surface area (Å²) < 4.78 is 10.6. The predicted molar refractivity (Wildman–Crippen MR) is 141 cm³/mol. The molecule has 33 heavy (non-hydrogen) atoms. The molecule has 0 radical (unpaired) electrons. The molecular weight excluding hydrogens is 535 g/mol. The van der Waals surface area contributed by atoms with Crippen LogP contribution in [-0.2, 0) is 4.79 Å². The zero-order valence-electron chi connectivity index (χ0n) is 20.0. The normalized spacial score (nSPS) is 20.1. The van der Waals surface area contributed by atoms with Crippen molar-refractivity contribution in [1.29, 1.82) is 0 Å². The number of guanidine groups is 1. The maximum absolute atomic E-state index is 12.8. The number of benzene rings is 1. The average molecular weight is 575 g/mol. The molecule has 1 heterocycles. The molecule has 1 aromatic rings. The minimum absolute atomic E-state index is 0. The Morgan fingerprint density at radius 2 is 1.82 bits per heavy atom. The summed E-state index contributed by atoms with van der Waals surface area (Å²) >= 11 is 0. The van der Waals surface area contributed by atoms with Crippen molar-refractivity contribution in [3.63, 3.8) is 0 Å². The van der Waals surface area contributed by atoms with Crippen molar-refractivity contribution in [2.75, 3.05) is 40.4 Å². The van der Waals surface area contributed by atoms with E-state index in [9.17, 15) is 9.90 Å². The first-order valence-electron chi connectivity index (χ1n) is 11.8. The fourth-order valence-corrected chi connectivity index (χ4v) is 4.50. The minimum Gasteiger partial charge on any atom is -0.497 e. The van der Waals surface area contributed by atoms with Crippen LogP contribution in [0.2, 0.25) is 0 Å². The van der Waals surface area contributed by atoms with Crippen LogP contribution in [0, 0.1) is 5.92 Å². The summed E-state index contributed by atoms with van der Waals surface area (Å²) in [6, 6.07) is 5.50. The van der Waals surface area contributed by atoms with Crippen molar-refractivity contribution >= 4 is 35.8 Å². The molecule has 1 aromatic carbocycles. The number of nitrogens with zero attached hydrogens (tertiary/aromatic N) is 2. The molecular formula is C24H39IN4O4. The quantitative estimate of drug-likeness (QED) is 0.251. The molecule has 1 amide bonds. The van der Waals surface area contributed by atoms with Crippen LogP contribution in [0.25, 0.3) is 0 Å². The van der Waals surface area contributed by atoms with Crippen LogP contribution in [0.5, 0.6) is 11.5 Å². The highest BCUT2D eigenvalue weighted by Crippen LogP contribution is 2.28. The number of methoxy groups -OCH3 is 2. The summed E-state index contributed by atoms with van der Waals surface area (Å²) in [6.45, 7) is 4.41. The number of likely N-dealkylation sites (tertiary alicyclic amines) is 1. The fourth-order valence-electron chi connectivity index (χ4n) is 4.50. The third-order valence-electron chi connectivity index (χ3n) is 6.32. The van der Waals surface area contributed by atoms with E-state index in [2.05, 4.69) is 15.6 Å².